The van der Waals surface area contributed by atoms with Crippen LogP contribution >= 0.6 is 11.6 Å². The van der Waals surface area contributed by atoms with E-state index in [2.05, 4.69) is 23.5 Å². The van der Waals surface area contributed by atoms with Gasteiger partial charge in [-0.1, -0.05) is 23.7 Å². The van der Waals surface area contributed by atoms with Crippen molar-refractivity contribution in [3.05, 3.63) is 63.9 Å². The lowest BCUT2D eigenvalue weighted by Crippen LogP contribution is -2.44. The number of amides is 2. The lowest BCUT2D eigenvalue weighted by atomic mass is 9.92. The first-order chi connectivity index (χ1) is 13.4. The van der Waals surface area contributed by atoms with Gasteiger partial charge in [-0.05, 0) is 61.6 Å². The maximum Gasteiger partial charge on any atom is 0.241 e. The number of likely N-dealkylation sites (tertiary alicyclic amines) is 1. The number of carbonyl (C=O) groups excluding carboxylic acids is 2. The highest BCUT2D eigenvalue weighted by molar-refractivity contribution is 6.30. The summed E-state index contributed by atoms with van der Waals surface area (Å²) in [5.41, 5.74) is 4.39. The van der Waals surface area contributed by atoms with Crippen LogP contribution in [0.5, 0.6) is 0 Å². The Morgan fingerprint density at radius 1 is 1.25 bits per heavy atom. The highest BCUT2D eigenvalue weighted by Crippen LogP contribution is 2.27. The first-order valence-electron chi connectivity index (χ1n) is 9.65. The molecule has 28 heavy (non-hydrogen) atoms. The number of nitrogens with zero attached hydrogens (tertiary/aromatic N) is 2. The third-order valence-electron chi connectivity index (χ3n) is 5.01. The number of benzene rings is 1. The number of aromatic nitrogens is 1. The van der Waals surface area contributed by atoms with Crippen LogP contribution < -0.4 is 5.32 Å². The number of aryl methyl sites for hydroxylation is 1. The van der Waals surface area contributed by atoms with Gasteiger partial charge >= 0.3 is 0 Å². The van der Waals surface area contributed by atoms with Gasteiger partial charge in [0.25, 0.3) is 0 Å². The van der Waals surface area contributed by atoms with Crippen molar-refractivity contribution in [2.45, 2.75) is 39.0 Å². The fourth-order valence-corrected chi connectivity index (χ4v) is 3.93. The molecule has 148 valence electrons. The third-order valence-corrected chi connectivity index (χ3v) is 5.25. The summed E-state index contributed by atoms with van der Waals surface area (Å²) in [6, 6.07) is 12.2. The standard InChI is InChI=1S/C22H26ClN3O2/c1-15-9-18(10-17-5-3-7-20(23)11-17)12-21(25-15)19-6-4-8-26(14-19)22(28)13-24-16(2)27/h3,5,7,9,11-12,19H,4,6,8,10,13-14H2,1-2H3,(H,24,27)/t19-/m1/s1. The minimum absolute atomic E-state index is 0.0355. The van der Waals surface area contributed by atoms with E-state index in [0.717, 1.165) is 42.2 Å². The van der Waals surface area contributed by atoms with Crippen LogP contribution in [0, 0.1) is 6.92 Å². The van der Waals surface area contributed by atoms with Crippen molar-refractivity contribution in [3.63, 3.8) is 0 Å². The zero-order chi connectivity index (χ0) is 20.1. The van der Waals surface area contributed by atoms with Crippen molar-refractivity contribution in [2.24, 2.45) is 0 Å². The number of halogens is 1. The van der Waals surface area contributed by atoms with Crippen molar-refractivity contribution in [1.29, 1.82) is 0 Å². The second kappa shape index (κ2) is 9.20. The van der Waals surface area contributed by atoms with Crippen molar-refractivity contribution >= 4 is 23.4 Å². The van der Waals surface area contributed by atoms with Crippen molar-refractivity contribution in [1.82, 2.24) is 15.2 Å². The summed E-state index contributed by atoms with van der Waals surface area (Å²) in [6.45, 7) is 4.86. The predicted octanol–water partition coefficient (Wildman–Crippen LogP) is 3.48. The van der Waals surface area contributed by atoms with Crippen LogP contribution in [0.25, 0.3) is 0 Å². The molecule has 0 saturated carbocycles. The molecule has 0 aliphatic carbocycles. The summed E-state index contributed by atoms with van der Waals surface area (Å²) in [5.74, 6) is -0.00680. The smallest absolute Gasteiger partial charge is 0.241 e. The molecule has 6 heteroatoms. The second-order valence-electron chi connectivity index (χ2n) is 7.44. The molecule has 3 rings (SSSR count). The van der Waals surface area contributed by atoms with Crippen LogP contribution in [0.1, 0.15) is 48.2 Å². The minimum atomic E-state index is -0.187. The molecule has 5 nitrogen and oxygen atoms in total. The molecule has 2 aromatic rings. The van der Waals surface area contributed by atoms with E-state index < -0.39 is 0 Å². The molecule has 1 aromatic heterocycles. The summed E-state index contributed by atoms with van der Waals surface area (Å²) in [5, 5.41) is 3.33. The van der Waals surface area contributed by atoms with E-state index in [9.17, 15) is 9.59 Å². The van der Waals surface area contributed by atoms with Gasteiger partial charge in [0.05, 0.1) is 6.54 Å². The number of hydrogen-bond donors (Lipinski definition) is 1. The number of rotatable bonds is 5. The highest BCUT2D eigenvalue weighted by atomic mass is 35.5. The molecule has 1 fully saturated rings. The predicted molar refractivity (Wildman–Crippen MR) is 110 cm³/mol. The number of pyridine rings is 1. The number of hydrogen-bond acceptors (Lipinski definition) is 3. The second-order valence-corrected chi connectivity index (χ2v) is 7.87. The summed E-state index contributed by atoms with van der Waals surface area (Å²) in [7, 11) is 0. The lowest BCUT2D eigenvalue weighted by Gasteiger charge is -2.33. The van der Waals surface area contributed by atoms with Crippen molar-refractivity contribution in [3.8, 4) is 0 Å². The monoisotopic (exact) mass is 399 g/mol. The van der Waals surface area contributed by atoms with Gasteiger partial charge in [-0.15, -0.1) is 0 Å². The van der Waals surface area contributed by atoms with E-state index >= 15 is 0 Å². The molecule has 0 radical (unpaired) electrons. The van der Waals surface area contributed by atoms with E-state index in [0.29, 0.717) is 6.54 Å². The molecule has 1 aromatic carbocycles. The van der Waals surface area contributed by atoms with E-state index in [-0.39, 0.29) is 24.3 Å². The fraction of sp³-hybridized carbons (Fsp3) is 0.409. The summed E-state index contributed by atoms with van der Waals surface area (Å²) in [4.78, 5) is 30.0. The van der Waals surface area contributed by atoms with Crippen LogP contribution in [-0.2, 0) is 16.0 Å². The number of nitrogens with one attached hydrogen (secondary N) is 1. The molecule has 2 amide bonds. The van der Waals surface area contributed by atoms with Crippen molar-refractivity contribution in [2.75, 3.05) is 19.6 Å². The van der Waals surface area contributed by atoms with Gasteiger partial charge in [-0.2, -0.15) is 0 Å². The van der Waals surface area contributed by atoms with E-state index in [4.69, 9.17) is 16.6 Å². The van der Waals surface area contributed by atoms with Crippen LogP contribution in [0.2, 0.25) is 5.02 Å². The first-order valence-corrected chi connectivity index (χ1v) is 10.0. The Morgan fingerprint density at radius 3 is 2.82 bits per heavy atom. The Bertz CT molecular complexity index is 869. The number of carbonyl (C=O) groups is 2. The van der Waals surface area contributed by atoms with Gasteiger partial charge in [0, 0.05) is 42.3 Å². The SMILES string of the molecule is CC(=O)NCC(=O)N1CCC[C@@H](c2cc(Cc3cccc(Cl)c3)cc(C)n2)C1. The molecule has 1 N–H and O–H groups in total. The maximum absolute atomic E-state index is 12.4. The molecule has 1 aliphatic heterocycles. The van der Waals surface area contributed by atoms with Gasteiger partial charge in [0.2, 0.25) is 11.8 Å². The molecule has 2 heterocycles. The van der Waals surface area contributed by atoms with Crippen LogP contribution in [0.3, 0.4) is 0 Å². The van der Waals surface area contributed by atoms with Gasteiger partial charge in [-0.25, -0.2) is 0 Å². The topological polar surface area (TPSA) is 62.3 Å². The zero-order valence-corrected chi connectivity index (χ0v) is 17.1. The van der Waals surface area contributed by atoms with Crippen LogP contribution in [-0.4, -0.2) is 41.3 Å². The summed E-state index contributed by atoms with van der Waals surface area (Å²) < 4.78 is 0. The van der Waals surface area contributed by atoms with Gasteiger partial charge < -0.3 is 10.2 Å². The Morgan fingerprint density at radius 2 is 2.07 bits per heavy atom. The Kier molecular flexibility index (Phi) is 6.68. The Hall–Kier alpha value is -2.40. The average molecular weight is 400 g/mol. The number of piperidine rings is 1. The lowest BCUT2D eigenvalue weighted by molar-refractivity contribution is -0.133. The molecule has 0 unspecified atom stereocenters. The van der Waals surface area contributed by atoms with Gasteiger partial charge in [-0.3, -0.25) is 14.6 Å². The molecule has 0 bridgehead atoms. The first kappa shape index (κ1) is 20.3. The molecule has 1 aliphatic rings. The zero-order valence-electron chi connectivity index (χ0n) is 16.4. The van der Waals surface area contributed by atoms with Crippen LogP contribution in [0.4, 0.5) is 0 Å². The molecule has 0 spiro atoms. The van der Waals surface area contributed by atoms with Crippen molar-refractivity contribution < 1.29 is 9.59 Å². The largest absolute Gasteiger partial charge is 0.347 e. The Balaban J connectivity index is 1.72. The summed E-state index contributed by atoms with van der Waals surface area (Å²) >= 11 is 6.11. The van der Waals surface area contributed by atoms with Gasteiger partial charge in [0.15, 0.2) is 0 Å². The normalized spacial score (nSPS) is 16.7. The van der Waals surface area contributed by atoms with E-state index in [1.54, 1.807) is 0 Å². The fourth-order valence-electron chi connectivity index (χ4n) is 3.72. The van der Waals surface area contributed by atoms with E-state index in [1.165, 1.54) is 18.1 Å². The van der Waals surface area contributed by atoms with E-state index in [1.807, 2.05) is 30.0 Å². The molecular formula is C22H26ClN3O2. The Labute approximate surface area is 171 Å². The van der Waals surface area contributed by atoms with Gasteiger partial charge in [0.1, 0.15) is 0 Å². The third kappa shape index (κ3) is 5.55. The summed E-state index contributed by atoms with van der Waals surface area (Å²) in [6.07, 6.45) is 2.75. The molecule has 1 atom stereocenters. The molecular weight excluding hydrogens is 374 g/mol. The minimum Gasteiger partial charge on any atom is -0.347 e. The van der Waals surface area contributed by atoms with Crippen LogP contribution in [0.15, 0.2) is 36.4 Å². The quantitative estimate of drug-likeness (QED) is 0.837. The molecule has 1 saturated heterocycles. The average Bonchev–Trinajstić information content (AvgIpc) is 2.65. The highest BCUT2D eigenvalue weighted by Gasteiger charge is 2.26. The maximum atomic E-state index is 12.4.